The van der Waals surface area contributed by atoms with Crippen molar-refractivity contribution in [2.24, 2.45) is 50.2 Å². The van der Waals surface area contributed by atoms with Crippen LogP contribution in [0.2, 0.25) is 0 Å². The van der Waals surface area contributed by atoms with Gasteiger partial charge in [-0.25, -0.2) is 0 Å². The number of ether oxygens (including phenoxy) is 1. The second-order valence-corrected chi connectivity index (χ2v) is 15.7. The number of rotatable bonds is 2. The van der Waals surface area contributed by atoms with Crippen LogP contribution in [0.4, 0.5) is 0 Å². The molecule has 202 valence electrons. The van der Waals surface area contributed by atoms with E-state index in [0.717, 1.165) is 51.4 Å². The first-order chi connectivity index (χ1) is 16.5. The van der Waals surface area contributed by atoms with Crippen LogP contribution in [0.25, 0.3) is 0 Å². The third-order valence-electron chi connectivity index (χ3n) is 13.1. The Morgan fingerprint density at radius 3 is 2.19 bits per heavy atom. The van der Waals surface area contributed by atoms with E-state index in [0.29, 0.717) is 17.8 Å². The monoisotopic (exact) mass is 498 g/mol. The molecule has 0 heterocycles. The van der Waals surface area contributed by atoms with Gasteiger partial charge in [0.15, 0.2) is 0 Å². The van der Waals surface area contributed by atoms with Crippen LogP contribution in [-0.2, 0) is 14.3 Å². The zero-order valence-corrected chi connectivity index (χ0v) is 24.1. The molecular weight excluding hydrogens is 448 g/mol. The van der Waals surface area contributed by atoms with Crippen LogP contribution in [0, 0.1) is 50.2 Å². The van der Waals surface area contributed by atoms with Crippen molar-refractivity contribution in [2.75, 3.05) is 0 Å². The molecule has 0 aromatic rings. The van der Waals surface area contributed by atoms with Crippen LogP contribution in [-0.4, -0.2) is 23.1 Å². The zero-order valence-electron chi connectivity index (χ0n) is 24.1. The number of allylic oxidation sites excluding steroid dienone is 1. The van der Waals surface area contributed by atoms with Gasteiger partial charge in [-0.3, -0.25) is 9.59 Å². The average Bonchev–Trinajstić information content (AvgIpc) is 2.75. The van der Waals surface area contributed by atoms with Crippen molar-refractivity contribution < 1.29 is 19.4 Å². The average molecular weight is 499 g/mol. The Morgan fingerprint density at radius 1 is 0.889 bits per heavy atom. The van der Waals surface area contributed by atoms with Crippen LogP contribution in [0.3, 0.4) is 0 Å². The number of esters is 1. The minimum absolute atomic E-state index is 0.0458. The standard InChI is InChI=1S/C32H50O4/c1-20(33)36-25-12-13-30(7)23(28(25,4)5)11-14-31(8)24(30)10-9-21-22-19-27(2,3)15-16-29(22,6)17-18-32(21,31)26(34)35/h9,22-25H,10-19H2,1-8H3,(H,34,35)/t22-,23?,24-,25+,29-,30+,31-,32-/m1/s1. The Morgan fingerprint density at radius 2 is 1.56 bits per heavy atom. The number of aliphatic carboxylic acids is 1. The molecule has 36 heavy (non-hydrogen) atoms. The molecule has 4 fully saturated rings. The molecule has 1 unspecified atom stereocenters. The fraction of sp³-hybridized carbons (Fsp3) is 0.875. The molecule has 1 N–H and O–H groups in total. The third-order valence-corrected chi connectivity index (χ3v) is 13.1. The molecule has 0 saturated heterocycles. The van der Waals surface area contributed by atoms with E-state index in [4.69, 9.17) is 4.74 Å². The van der Waals surface area contributed by atoms with Gasteiger partial charge in [0.2, 0.25) is 0 Å². The summed E-state index contributed by atoms with van der Waals surface area (Å²) < 4.78 is 5.85. The van der Waals surface area contributed by atoms with E-state index >= 15 is 0 Å². The van der Waals surface area contributed by atoms with Gasteiger partial charge in [-0.1, -0.05) is 60.1 Å². The van der Waals surface area contributed by atoms with Crippen LogP contribution < -0.4 is 0 Å². The third kappa shape index (κ3) is 3.30. The van der Waals surface area contributed by atoms with Crippen LogP contribution in [0.5, 0.6) is 0 Å². The quantitative estimate of drug-likeness (QED) is 0.311. The lowest BCUT2D eigenvalue weighted by Gasteiger charge is -2.70. The number of carboxylic acids is 1. The highest BCUT2D eigenvalue weighted by Gasteiger charge is 2.71. The van der Waals surface area contributed by atoms with Crippen molar-refractivity contribution in [2.45, 2.75) is 126 Å². The van der Waals surface area contributed by atoms with Crippen LogP contribution in [0.15, 0.2) is 11.6 Å². The number of carbonyl (C=O) groups is 2. The van der Waals surface area contributed by atoms with Crippen molar-refractivity contribution in [3.8, 4) is 0 Å². The predicted molar refractivity (Wildman–Crippen MR) is 142 cm³/mol. The number of carboxylic acid groups (broad SMARTS) is 1. The van der Waals surface area contributed by atoms with E-state index in [9.17, 15) is 14.7 Å². The predicted octanol–water partition coefficient (Wildman–Crippen LogP) is 7.80. The second-order valence-electron chi connectivity index (χ2n) is 15.7. The topological polar surface area (TPSA) is 63.6 Å². The van der Waals surface area contributed by atoms with Gasteiger partial charge in [0, 0.05) is 12.3 Å². The first-order valence-corrected chi connectivity index (χ1v) is 14.6. The molecule has 0 aromatic carbocycles. The molecule has 4 saturated carbocycles. The fourth-order valence-corrected chi connectivity index (χ4v) is 11.0. The molecule has 5 aliphatic carbocycles. The summed E-state index contributed by atoms with van der Waals surface area (Å²) in [4.78, 5) is 25.5. The molecule has 0 aliphatic heterocycles. The summed E-state index contributed by atoms with van der Waals surface area (Å²) in [6, 6.07) is 0. The number of hydrogen-bond donors (Lipinski definition) is 1. The molecule has 8 atom stereocenters. The van der Waals surface area contributed by atoms with Gasteiger partial charge in [-0.05, 0) is 104 Å². The molecule has 0 bridgehead atoms. The van der Waals surface area contributed by atoms with Crippen molar-refractivity contribution in [1.29, 1.82) is 0 Å². The van der Waals surface area contributed by atoms with Crippen molar-refractivity contribution in [3.63, 3.8) is 0 Å². The molecule has 0 amide bonds. The van der Waals surface area contributed by atoms with Gasteiger partial charge in [0.05, 0.1) is 5.41 Å². The first-order valence-electron chi connectivity index (χ1n) is 14.6. The zero-order chi connectivity index (χ0) is 26.5. The number of carbonyl (C=O) groups excluding carboxylic acids is 1. The Hall–Kier alpha value is -1.32. The van der Waals surface area contributed by atoms with Gasteiger partial charge < -0.3 is 9.84 Å². The number of fused-ring (bicyclic) bond motifs is 7. The van der Waals surface area contributed by atoms with E-state index in [1.165, 1.54) is 25.3 Å². The maximum absolute atomic E-state index is 13.6. The summed E-state index contributed by atoms with van der Waals surface area (Å²) >= 11 is 0. The first kappa shape index (κ1) is 26.3. The molecule has 4 heteroatoms. The maximum atomic E-state index is 13.6. The summed E-state index contributed by atoms with van der Waals surface area (Å²) in [5.74, 6) is 0.381. The summed E-state index contributed by atoms with van der Waals surface area (Å²) in [6.07, 6.45) is 12.6. The van der Waals surface area contributed by atoms with Crippen molar-refractivity contribution >= 4 is 11.9 Å². The van der Waals surface area contributed by atoms with E-state index in [1.54, 1.807) is 0 Å². The molecular formula is C32H50O4. The van der Waals surface area contributed by atoms with Crippen molar-refractivity contribution in [3.05, 3.63) is 11.6 Å². The fourth-order valence-electron chi connectivity index (χ4n) is 11.0. The van der Waals surface area contributed by atoms with Gasteiger partial charge in [0.1, 0.15) is 6.10 Å². The Kier molecular flexibility index (Phi) is 5.74. The molecule has 0 radical (unpaired) electrons. The smallest absolute Gasteiger partial charge is 0.314 e. The van der Waals surface area contributed by atoms with E-state index in [1.807, 2.05) is 0 Å². The lowest BCUT2D eigenvalue weighted by atomic mass is 9.33. The van der Waals surface area contributed by atoms with Gasteiger partial charge in [0.25, 0.3) is 0 Å². The second kappa shape index (κ2) is 7.85. The highest BCUT2D eigenvalue weighted by atomic mass is 16.5. The minimum Gasteiger partial charge on any atom is -0.481 e. The lowest BCUT2D eigenvalue weighted by Crippen LogP contribution is -2.67. The lowest BCUT2D eigenvalue weighted by molar-refractivity contribution is -0.219. The van der Waals surface area contributed by atoms with E-state index in [2.05, 4.69) is 54.5 Å². The largest absolute Gasteiger partial charge is 0.481 e. The molecule has 0 spiro atoms. The highest BCUT2D eigenvalue weighted by Crippen LogP contribution is 2.76. The molecule has 4 nitrogen and oxygen atoms in total. The molecule has 5 rings (SSSR count). The van der Waals surface area contributed by atoms with Gasteiger partial charge in [-0.15, -0.1) is 0 Å². The van der Waals surface area contributed by atoms with E-state index in [-0.39, 0.29) is 39.1 Å². The van der Waals surface area contributed by atoms with Crippen molar-refractivity contribution in [1.82, 2.24) is 0 Å². The van der Waals surface area contributed by atoms with Crippen LogP contribution in [0.1, 0.15) is 120 Å². The van der Waals surface area contributed by atoms with Crippen LogP contribution >= 0.6 is 0 Å². The maximum Gasteiger partial charge on any atom is 0.314 e. The SMILES string of the molecule is CC(=O)O[C@H]1CC[C@@]2(C)C(CC[C@]3(C)[C@@H]2CC=C2[C@H]4CC(C)(C)CC[C@]4(C)CC[C@]23C(=O)O)C1(C)C. The Labute approximate surface area is 219 Å². The summed E-state index contributed by atoms with van der Waals surface area (Å²) in [5.41, 5.74) is 0.732. The number of hydrogen-bond acceptors (Lipinski definition) is 3. The Balaban J connectivity index is 1.59. The summed E-state index contributed by atoms with van der Waals surface area (Å²) in [5, 5.41) is 11.2. The normalized spacial score (nSPS) is 48.8. The van der Waals surface area contributed by atoms with E-state index < -0.39 is 11.4 Å². The molecule has 0 aromatic heterocycles. The minimum atomic E-state index is -0.752. The highest BCUT2D eigenvalue weighted by molar-refractivity contribution is 5.81. The summed E-state index contributed by atoms with van der Waals surface area (Å²) in [7, 11) is 0. The Bertz CT molecular complexity index is 992. The van der Waals surface area contributed by atoms with Gasteiger partial charge in [-0.2, -0.15) is 0 Å². The summed E-state index contributed by atoms with van der Waals surface area (Å²) in [6.45, 7) is 18.1. The molecule has 5 aliphatic rings. The van der Waals surface area contributed by atoms with Gasteiger partial charge >= 0.3 is 11.9 Å².